The minimum Gasteiger partial charge on any atom is -0.449 e. The Morgan fingerprint density at radius 1 is 1.30 bits per heavy atom. The summed E-state index contributed by atoms with van der Waals surface area (Å²) in [4.78, 5) is 37.7. The summed E-state index contributed by atoms with van der Waals surface area (Å²) in [6, 6.07) is 2.97. The maximum Gasteiger partial charge on any atom is 0.344 e. The molecule has 1 aromatic heterocycles. The molecule has 0 radical (unpaired) electrons. The fraction of sp³-hybridized carbons (Fsp3) is 0.500. The quantitative estimate of drug-likeness (QED) is 0.813. The van der Waals surface area contributed by atoms with Gasteiger partial charge in [-0.1, -0.05) is 0 Å². The molecule has 1 unspecified atom stereocenters. The summed E-state index contributed by atoms with van der Waals surface area (Å²) in [5.74, 6) is -1.22. The fourth-order valence-corrected chi connectivity index (χ4v) is 1.48. The van der Waals surface area contributed by atoms with Gasteiger partial charge in [-0.05, 0) is 46.8 Å². The summed E-state index contributed by atoms with van der Waals surface area (Å²) in [5.41, 5.74) is -0.423. The second-order valence-electron chi connectivity index (χ2n) is 5.67. The third-order valence-corrected chi connectivity index (χ3v) is 2.43. The summed E-state index contributed by atoms with van der Waals surface area (Å²) in [6.45, 7) is 8.63. The van der Waals surface area contributed by atoms with Crippen LogP contribution in [-0.2, 0) is 9.53 Å². The lowest BCUT2D eigenvalue weighted by atomic mass is 10.1. The molecule has 0 saturated carbocycles. The molecule has 6 nitrogen and oxygen atoms in total. The van der Waals surface area contributed by atoms with Crippen molar-refractivity contribution in [2.24, 2.45) is 0 Å². The van der Waals surface area contributed by atoms with Crippen molar-refractivity contribution in [3.63, 3.8) is 0 Å². The minimum atomic E-state index is -0.970. The molecule has 0 bridgehead atoms. The van der Waals surface area contributed by atoms with Crippen LogP contribution in [0.1, 0.15) is 43.7 Å². The first-order valence-corrected chi connectivity index (χ1v) is 6.33. The van der Waals surface area contributed by atoms with Crippen LogP contribution >= 0.6 is 0 Å². The molecule has 6 heteroatoms. The van der Waals surface area contributed by atoms with E-state index < -0.39 is 29.1 Å². The lowest BCUT2D eigenvalue weighted by molar-refractivity contribution is -0.130. The normalized spacial score (nSPS) is 12.7. The van der Waals surface area contributed by atoms with Gasteiger partial charge >= 0.3 is 5.97 Å². The molecule has 0 spiro atoms. The van der Waals surface area contributed by atoms with Gasteiger partial charge in [0.05, 0.1) is 0 Å². The number of H-pyrrole nitrogens is 1. The molecule has 0 aliphatic carbocycles. The molecule has 1 atom stereocenters. The van der Waals surface area contributed by atoms with E-state index in [-0.39, 0.29) is 5.56 Å². The van der Waals surface area contributed by atoms with Crippen LogP contribution in [0, 0.1) is 6.92 Å². The fourth-order valence-electron chi connectivity index (χ4n) is 1.48. The molecule has 1 amide bonds. The van der Waals surface area contributed by atoms with E-state index in [4.69, 9.17) is 4.74 Å². The summed E-state index contributed by atoms with van der Waals surface area (Å²) in [5, 5.41) is 2.70. The van der Waals surface area contributed by atoms with E-state index in [0.29, 0.717) is 5.69 Å². The lowest BCUT2D eigenvalue weighted by Crippen LogP contribution is -2.46. The molecule has 0 aliphatic rings. The van der Waals surface area contributed by atoms with Crippen molar-refractivity contribution in [2.45, 2.75) is 46.3 Å². The SMILES string of the molecule is Cc1ccc(C(=O)OC(C)C(=O)NC(C)(C)C)c(=O)[nH]1. The number of carbonyl (C=O) groups excluding carboxylic acids is 2. The van der Waals surface area contributed by atoms with E-state index in [0.717, 1.165) is 0 Å². The number of rotatable bonds is 3. The first-order chi connectivity index (χ1) is 9.10. The maximum absolute atomic E-state index is 11.8. The Balaban J connectivity index is 2.75. The first kappa shape index (κ1) is 15.9. The van der Waals surface area contributed by atoms with Crippen molar-refractivity contribution in [1.29, 1.82) is 0 Å². The molecule has 2 N–H and O–H groups in total. The smallest absolute Gasteiger partial charge is 0.344 e. The van der Waals surface area contributed by atoms with E-state index in [1.807, 2.05) is 20.8 Å². The van der Waals surface area contributed by atoms with Crippen LogP contribution in [0.5, 0.6) is 0 Å². The number of nitrogens with one attached hydrogen (secondary N) is 2. The molecule has 110 valence electrons. The van der Waals surface area contributed by atoms with Gasteiger partial charge in [-0.3, -0.25) is 9.59 Å². The van der Waals surface area contributed by atoms with Gasteiger partial charge in [-0.15, -0.1) is 0 Å². The van der Waals surface area contributed by atoms with Crippen LogP contribution in [-0.4, -0.2) is 28.5 Å². The first-order valence-electron chi connectivity index (χ1n) is 6.33. The number of hydrogen-bond acceptors (Lipinski definition) is 4. The lowest BCUT2D eigenvalue weighted by Gasteiger charge is -2.23. The Morgan fingerprint density at radius 3 is 2.40 bits per heavy atom. The van der Waals surface area contributed by atoms with Gasteiger partial charge in [-0.25, -0.2) is 4.79 Å². The van der Waals surface area contributed by atoms with Crippen molar-refractivity contribution in [2.75, 3.05) is 0 Å². The molecule has 1 rings (SSSR count). The Labute approximate surface area is 117 Å². The number of amides is 1. The highest BCUT2D eigenvalue weighted by molar-refractivity contribution is 5.91. The molecular formula is C14H20N2O4. The van der Waals surface area contributed by atoms with Crippen LogP contribution in [0.15, 0.2) is 16.9 Å². The predicted molar refractivity (Wildman–Crippen MR) is 74.6 cm³/mol. The number of aryl methyl sites for hydroxylation is 1. The number of aromatic nitrogens is 1. The highest BCUT2D eigenvalue weighted by Gasteiger charge is 2.23. The van der Waals surface area contributed by atoms with Crippen molar-refractivity contribution in [3.8, 4) is 0 Å². The molecular weight excluding hydrogens is 260 g/mol. The van der Waals surface area contributed by atoms with E-state index in [1.165, 1.54) is 13.0 Å². The van der Waals surface area contributed by atoms with Crippen molar-refractivity contribution >= 4 is 11.9 Å². The third-order valence-electron chi connectivity index (χ3n) is 2.43. The number of carbonyl (C=O) groups is 2. The van der Waals surface area contributed by atoms with Gasteiger partial charge in [0.2, 0.25) is 0 Å². The highest BCUT2D eigenvalue weighted by atomic mass is 16.5. The number of aromatic amines is 1. The van der Waals surface area contributed by atoms with Gasteiger partial charge in [-0.2, -0.15) is 0 Å². The Kier molecular flexibility index (Phi) is 4.70. The zero-order valence-corrected chi connectivity index (χ0v) is 12.4. The molecule has 0 saturated heterocycles. The molecule has 0 aromatic carbocycles. The van der Waals surface area contributed by atoms with Crippen LogP contribution < -0.4 is 10.9 Å². The molecule has 1 aromatic rings. The zero-order chi connectivity index (χ0) is 15.5. The Bertz CT molecular complexity index is 569. The summed E-state index contributed by atoms with van der Waals surface area (Å²) < 4.78 is 4.99. The second kappa shape index (κ2) is 5.90. The Morgan fingerprint density at radius 2 is 1.90 bits per heavy atom. The van der Waals surface area contributed by atoms with Crippen molar-refractivity contribution < 1.29 is 14.3 Å². The number of pyridine rings is 1. The van der Waals surface area contributed by atoms with E-state index in [2.05, 4.69) is 10.3 Å². The number of esters is 1. The van der Waals surface area contributed by atoms with Crippen LogP contribution in [0.2, 0.25) is 0 Å². The van der Waals surface area contributed by atoms with Crippen molar-refractivity contribution in [1.82, 2.24) is 10.3 Å². The van der Waals surface area contributed by atoms with E-state index in [1.54, 1.807) is 13.0 Å². The monoisotopic (exact) mass is 280 g/mol. The van der Waals surface area contributed by atoms with Crippen molar-refractivity contribution in [3.05, 3.63) is 33.7 Å². The number of ether oxygens (including phenoxy) is 1. The summed E-state index contributed by atoms with van der Waals surface area (Å²) in [7, 11) is 0. The van der Waals surface area contributed by atoms with E-state index in [9.17, 15) is 14.4 Å². The standard InChI is InChI=1S/C14H20N2O4/c1-8-6-7-10(12(18)15-8)13(19)20-9(2)11(17)16-14(3,4)5/h6-7,9H,1-5H3,(H,15,18)(H,16,17). The van der Waals surface area contributed by atoms with Crippen LogP contribution in [0.4, 0.5) is 0 Å². The highest BCUT2D eigenvalue weighted by Crippen LogP contribution is 2.04. The van der Waals surface area contributed by atoms with Crippen LogP contribution in [0.25, 0.3) is 0 Å². The molecule has 20 heavy (non-hydrogen) atoms. The van der Waals surface area contributed by atoms with Gasteiger partial charge in [0, 0.05) is 11.2 Å². The average molecular weight is 280 g/mol. The summed E-state index contributed by atoms with van der Waals surface area (Å²) >= 11 is 0. The topological polar surface area (TPSA) is 88.3 Å². The maximum atomic E-state index is 11.8. The molecule has 1 heterocycles. The van der Waals surface area contributed by atoms with E-state index >= 15 is 0 Å². The van der Waals surface area contributed by atoms with Gasteiger partial charge in [0.15, 0.2) is 6.10 Å². The second-order valence-corrected chi connectivity index (χ2v) is 5.67. The Hall–Kier alpha value is -2.11. The summed E-state index contributed by atoms with van der Waals surface area (Å²) in [6.07, 6.45) is -0.970. The molecule has 0 fully saturated rings. The van der Waals surface area contributed by atoms with Crippen LogP contribution in [0.3, 0.4) is 0 Å². The van der Waals surface area contributed by atoms with Gasteiger partial charge < -0.3 is 15.0 Å². The largest absolute Gasteiger partial charge is 0.449 e. The third kappa shape index (κ3) is 4.53. The zero-order valence-electron chi connectivity index (χ0n) is 12.4. The predicted octanol–water partition coefficient (Wildman–Crippen LogP) is 1.14. The molecule has 0 aliphatic heterocycles. The number of hydrogen-bond donors (Lipinski definition) is 2. The minimum absolute atomic E-state index is 0.119. The van der Waals surface area contributed by atoms with Gasteiger partial charge in [0.25, 0.3) is 11.5 Å². The van der Waals surface area contributed by atoms with Gasteiger partial charge in [0.1, 0.15) is 5.56 Å². The average Bonchev–Trinajstić information content (AvgIpc) is 2.26.